The van der Waals surface area contributed by atoms with Crippen molar-refractivity contribution in [3.8, 4) is 11.8 Å². The van der Waals surface area contributed by atoms with Gasteiger partial charge in [-0.3, -0.25) is 0 Å². The summed E-state index contributed by atoms with van der Waals surface area (Å²) in [6.45, 7) is 0.585. The minimum absolute atomic E-state index is 0.582. The van der Waals surface area contributed by atoms with Crippen LogP contribution in [0.2, 0.25) is 0 Å². The van der Waals surface area contributed by atoms with Crippen LogP contribution in [0, 0.1) is 11.8 Å². The Morgan fingerprint density at radius 3 is 3.07 bits per heavy atom. The van der Waals surface area contributed by atoms with Crippen molar-refractivity contribution in [2.45, 2.75) is 6.42 Å². The molecule has 0 amide bonds. The number of hydrogen-bond donors (Lipinski definition) is 2. The Bertz CT molecular complexity index is 533. The van der Waals surface area contributed by atoms with Crippen molar-refractivity contribution in [2.75, 3.05) is 12.3 Å². The first-order chi connectivity index (χ1) is 7.31. The minimum atomic E-state index is 0.582. The minimum Gasteiger partial charge on any atom is -0.375 e. The molecule has 0 unspecified atom stereocenters. The van der Waals surface area contributed by atoms with E-state index >= 15 is 0 Å². The molecule has 0 saturated heterocycles. The van der Waals surface area contributed by atoms with Crippen molar-refractivity contribution in [1.29, 1.82) is 0 Å². The van der Waals surface area contributed by atoms with Crippen LogP contribution >= 0.6 is 11.3 Å². The number of hydrogen-bond acceptors (Lipinski definition) is 4. The summed E-state index contributed by atoms with van der Waals surface area (Å²) in [6.07, 6.45) is 0.704. The van der Waals surface area contributed by atoms with Gasteiger partial charge in [-0.25, -0.2) is 4.98 Å². The number of nitrogen functional groups attached to an aromatic ring is 1. The highest BCUT2D eigenvalue weighted by Crippen LogP contribution is 2.25. The van der Waals surface area contributed by atoms with E-state index in [0.29, 0.717) is 18.1 Å². The largest absolute Gasteiger partial charge is 0.375 e. The highest BCUT2D eigenvalue weighted by molar-refractivity contribution is 7.22. The molecule has 3 nitrogen and oxygen atoms in total. The molecule has 4 N–H and O–H groups in total. The molecule has 2 rings (SSSR count). The van der Waals surface area contributed by atoms with E-state index in [-0.39, 0.29) is 0 Å². The van der Waals surface area contributed by atoms with E-state index in [2.05, 4.69) is 16.8 Å². The monoisotopic (exact) mass is 217 g/mol. The molecule has 4 heteroatoms. The Morgan fingerprint density at radius 1 is 1.40 bits per heavy atom. The predicted octanol–water partition coefficient (Wildman–Crippen LogP) is 1.58. The first-order valence-corrected chi connectivity index (χ1v) is 5.47. The standard InChI is InChI=1S/C11H11N3S/c12-7-2-1-4-8-5-3-6-9-10(8)14-11(13)15-9/h3,5-6H,2,7,12H2,(H2,13,14). The van der Waals surface area contributed by atoms with Gasteiger partial charge in [-0.1, -0.05) is 29.2 Å². The van der Waals surface area contributed by atoms with Gasteiger partial charge in [0.15, 0.2) is 5.13 Å². The van der Waals surface area contributed by atoms with Gasteiger partial charge < -0.3 is 11.5 Å². The van der Waals surface area contributed by atoms with Crippen molar-refractivity contribution in [3.63, 3.8) is 0 Å². The van der Waals surface area contributed by atoms with Crippen LogP contribution in [0.25, 0.3) is 10.2 Å². The van der Waals surface area contributed by atoms with E-state index in [0.717, 1.165) is 15.8 Å². The summed E-state index contributed by atoms with van der Waals surface area (Å²) in [6, 6.07) is 5.91. The van der Waals surface area contributed by atoms with Crippen LogP contribution in [0.15, 0.2) is 18.2 Å². The first-order valence-electron chi connectivity index (χ1n) is 4.65. The summed E-state index contributed by atoms with van der Waals surface area (Å²) in [4.78, 5) is 4.25. The molecule has 0 aliphatic carbocycles. The maximum atomic E-state index is 5.65. The average molecular weight is 217 g/mol. The van der Waals surface area contributed by atoms with Crippen molar-refractivity contribution in [3.05, 3.63) is 23.8 Å². The first kappa shape index (κ1) is 9.97. The van der Waals surface area contributed by atoms with Crippen LogP contribution < -0.4 is 11.5 Å². The normalized spacial score (nSPS) is 9.93. The second kappa shape index (κ2) is 4.30. The van der Waals surface area contributed by atoms with Crippen molar-refractivity contribution in [1.82, 2.24) is 4.98 Å². The lowest BCUT2D eigenvalue weighted by Gasteiger charge is -1.91. The Hall–Kier alpha value is -1.57. The second-order valence-corrected chi connectivity index (χ2v) is 4.11. The van der Waals surface area contributed by atoms with Gasteiger partial charge in [-0.2, -0.15) is 0 Å². The van der Waals surface area contributed by atoms with E-state index in [1.54, 1.807) is 0 Å². The van der Waals surface area contributed by atoms with Gasteiger partial charge in [-0.05, 0) is 12.1 Å². The summed E-state index contributed by atoms with van der Waals surface area (Å²) in [5.41, 5.74) is 12.8. The molecule has 1 aromatic heterocycles. The van der Waals surface area contributed by atoms with Crippen molar-refractivity contribution >= 4 is 26.7 Å². The topological polar surface area (TPSA) is 64.9 Å². The fraction of sp³-hybridized carbons (Fsp3) is 0.182. The van der Waals surface area contributed by atoms with Crippen LogP contribution in [-0.4, -0.2) is 11.5 Å². The molecule has 0 fully saturated rings. The second-order valence-electron chi connectivity index (χ2n) is 3.04. The fourth-order valence-corrected chi connectivity index (χ4v) is 2.06. The van der Waals surface area contributed by atoms with E-state index in [1.807, 2.05) is 18.2 Å². The Labute approximate surface area is 92.1 Å². The number of fused-ring (bicyclic) bond motifs is 1. The molecule has 0 aliphatic rings. The summed E-state index contributed by atoms with van der Waals surface area (Å²) in [5, 5.41) is 0.582. The molecule has 1 aromatic carbocycles. The molecular weight excluding hydrogens is 206 g/mol. The molecule has 76 valence electrons. The Morgan fingerprint density at radius 2 is 2.27 bits per heavy atom. The molecule has 1 heterocycles. The summed E-state index contributed by atoms with van der Waals surface area (Å²) >= 11 is 1.48. The summed E-state index contributed by atoms with van der Waals surface area (Å²) in [5.74, 6) is 6.06. The molecule has 2 aromatic rings. The molecule has 0 radical (unpaired) electrons. The molecule has 0 atom stereocenters. The molecule has 0 bridgehead atoms. The van der Waals surface area contributed by atoms with Gasteiger partial charge in [-0.15, -0.1) is 0 Å². The molecule has 15 heavy (non-hydrogen) atoms. The number of rotatable bonds is 1. The summed E-state index contributed by atoms with van der Waals surface area (Å²) < 4.78 is 1.08. The average Bonchev–Trinajstić information content (AvgIpc) is 2.59. The van der Waals surface area contributed by atoms with Gasteiger partial charge in [0.05, 0.1) is 15.8 Å². The number of anilines is 1. The van der Waals surface area contributed by atoms with E-state index in [4.69, 9.17) is 11.5 Å². The highest BCUT2D eigenvalue weighted by Gasteiger charge is 2.03. The molecular formula is C11H11N3S. The number of nitrogens with zero attached hydrogens (tertiary/aromatic N) is 1. The van der Waals surface area contributed by atoms with Gasteiger partial charge in [0.25, 0.3) is 0 Å². The smallest absolute Gasteiger partial charge is 0.181 e. The predicted molar refractivity (Wildman–Crippen MR) is 64.6 cm³/mol. The Kier molecular flexibility index (Phi) is 2.86. The third-order valence-corrected chi connectivity index (χ3v) is 2.78. The van der Waals surface area contributed by atoms with E-state index in [9.17, 15) is 0 Å². The zero-order valence-corrected chi connectivity index (χ0v) is 8.97. The van der Waals surface area contributed by atoms with Crippen LogP contribution in [-0.2, 0) is 0 Å². The maximum Gasteiger partial charge on any atom is 0.181 e. The SMILES string of the molecule is NCCC#Cc1cccc2sc(N)nc12. The quantitative estimate of drug-likeness (QED) is 0.713. The van der Waals surface area contributed by atoms with Crippen LogP contribution in [0.1, 0.15) is 12.0 Å². The van der Waals surface area contributed by atoms with Gasteiger partial charge in [0.2, 0.25) is 0 Å². The number of benzene rings is 1. The number of para-hydroxylation sites is 1. The van der Waals surface area contributed by atoms with Gasteiger partial charge >= 0.3 is 0 Å². The third-order valence-electron chi connectivity index (χ3n) is 1.93. The number of aromatic nitrogens is 1. The molecule has 0 aliphatic heterocycles. The van der Waals surface area contributed by atoms with Crippen LogP contribution in [0.3, 0.4) is 0 Å². The van der Waals surface area contributed by atoms with Gasteiger partial charge in [0, 0.05) is 13.0 Å². The number of thiazole rings is 1. The maximum absolute atomic E-state index is 5.65. The third kappa shape index (κ3) is 2.09. The highest BCUT2D eigenvalue weighted by atomic mass is 32.1. The van der Waals surface area contributed by atoms with Crippen LogP contribution in [0.5, 0.6) is 0 Å². The summed E-state index contributed by atoms with van der Waals surface area (Å²) in [7, 11) is 0. The zero-order chi connectivity index (χ0) is 10.7. The van der Waals surface area contributed by atoms with Crippen molar-refractivity contribution in [2.24, 2.45) is 5.73 Å². The lowest BCUT2D eigenvalue weighted by atomic mass is 10.2. The zero-order valence-electron chi connectivity index (χ0n) is 8.16. The molecule has 0 saturated carbocycles. The number of nitrogens with two attached hydrogens (primary N) is 2. The molecule has 0 spiro atoms. The van der Waals surface area contributed by atoms with Crippen LogP contribution in [0.4, 0.5) is 5.13 Å². The lowest BCUT2D eigenvalue weighted by molar-refractivity contribution is 1.03. The van der Waals surface area contributed by atoms with Gasteiger partial charge in [0.1, 0.15) is 0 Å². The van der Waals surface area contributed by atoms with Crippen molar-refractivity contribution < 1.29 is 0 Å². The lowest BCUT2D eigenvalue weighted by Crippen LogP contribution is -1.95. The van der Waals surface area contributed by atoms with E-state index in [1.165, 1.54) is 11.3 Å². The fourth-order valence-electron chi connectivity index (χ4n) is 1.30. The Balaban J connectivity index is 2.47. The van der Waals surface area contributed by atoms with E-state index < -0.39 is 0 Å².